The van der Waals surface area contributed by atoms with Gasteiger partial charge < -0.3 is 13.8 Å². The number of Topliss-reactive ketones (excluding diaryl/α,β-unsaturated/α-hetero) is 2. The lowest BCUT2D eigenvalue weighted by Crippen LogP contribution is -2.45. The van der Waals surface area contributed by atoms with Crippen LogP contribution in [0.4, 0.5) is 0 Å². The van der Waals surface area contributed by atoms with Gasteiger partial charge in [0.05, 0.1) is 6.61 Å². The van der Waals surface area contributed by atoms with Crippen molar-refractivity contribution in [2.45, 2.75) is 71.1 Å². The number of benzene rings is 2. The van der Waals surface area contributed by atoms with Gasteiger partial charge in [0.2, 0.25) is 0 Å². The van der Waals surface area contributed by atoms with E-state index in [0.29, 0.717) is 60.6 Å². The molecule has 5 rings (SSSR count). The van der Waals surface area contributed by atoms with Crippen molar-refractivity contribution in [1.29, 1.82) is 0 Å². The number of aryl methyl sites for hydroxylation is 1. The van der Waals surface area contributed by atoms with Gasteiger partial charge in [-0.2, -0.15) is 8.42 Å². The van der Waals surface area contributed by atoms with E-state index in [9.17, 15) is 18.0 Å². The van der Waals surface area contributed by atoms with Crippen LogP contribution in [0.3, 0.4) is 0 Å². The minimum atomic E-state index is -4.22. The van der Waals surface area contributed by atoms with Crippen molar-refractivity contribution < 1.29 is 26.9 Å². The molecule has 0 amide bonds. The zero-order valence-electron chi connectivity index (χ0n) is 25.0. The molecule has 3 aliphatic rings. The Morgan fingerprint density at radius 3 is 1.95 bits per heavy atom. The molecule has 0 saturated carbocycles. The van der Waals surface area contributed by atoms with E-state index < -0.39 is 16.0 Å². The van der Waals surface area contributed by atoms with E-state index in [2.05, 4.69) is 32.6 Å². The third-order valence-corrected chi connectivity index (χ3v) is 9.82. The van der Waals surface area contributed by atoms with Crippen LogP contribution < -0.4 is 4.18 Å². The van der Waals surface area contributed by atoms with Crippen LogP contribution in [0.1, 0.15) is 70.4 Å². The third-order valence-electron chi connectivity index (χ3n) is 8.33. The first-order valence-corrected chi connectivity index (χ1v) is 16.0. The molecule has 0 saturated heterocycles. The van der Waals surface area contributed by atoms with Crippen LogP contribution in [0, 0.1) is 17.8 Å². The number of allylic oxidation sites excluding steroid dienone is 4. The van der Waals surface area contributed by atoms with Crippen molar-refractivity contribution in [3.8, 4) is 5.75 Å². The molecule has 0 bridgehead atoms. The maximum atomic E-state index is 14.0. The normalized spacial score (nSPS) is 20.5. The number of nitrogens with zero attached hydrogens (tertiary/aromatic N) is 1. The van der Waals surface area contributed by atoms with Crippen LogP contribution >= 0.6 is 11.6 Å². The molecule has 224 valence electrons. The van der Waals surface area contributed by atoms with Gasteiger partial charge in [-0.15, -0.1) is 0 Å². The summed E-state index contributed by atoms with van der Waals surface area (Å²) in [5, 5.41) is 0.350. The van der Waals surface area contributed by atoms with Gasteiger partial charge in [-0.3, -0.25) is 9.59 Å². The highest BCUT2D eigenvalue weighted by molar-refractivity contribution is 7.87. The number of carbonyl (C=O) groups excluding carboxylic acids is 2. The summed E-state index contributed by atoms with van der Waals surface area (Å²) in [7, 11) is -2.59. The van der Waals surface area contributed by atoms with Gasteiger partial charge in [0.15, 0.2) is 11.6 Å². The van der Waals surface area contributed by atoms with Gasteiger partial charge in [-0.05, 0) is 60.9 Å². The van der Waals surface area contributed by atoms with Crippen molar-refractivity contribution in [3.63, 3.8) is 0 Å². The molecule has 0 N–H and O–H groups in total. The molecule has 0 radical (unpaired) electrons. The molecule has 1 heterocycles. The van der Waals surface area contributed by atoms with Gasteiger partial charge in [0.25, 0.3) is 0 Å². The van der Waals surface area contributed by atoms with Gasteiger partial charge in [-0.1, -0.05) is 57.0 Å². The maximum Gasteiger partial charge on any atom is 0.339 e. The monoisotopic (exact) mass is 611 g/mol. The predicted molar refractivity (Wildman–Crippen MR) is 162 cm³/mol. The van der Waals surface area contributed by atoms with Crippen LogP contribution in [0.25, 0.3) is 0 Å². The predicted octanol–water partition coefficient (Wildman–Crippen LogP) is 6.75. The van der Waals surface area contributed by atoms with E-state index in [0.717, 1.165) is 17.0 Å². The van der Waals surface area contributed by atoms with Crippen molar-refractivity contribution in [3.05, 3.63) is 81.2 Å². The van der Waals surface area contributed by atoms with Crippen LogP contribution in [-0.4, -0.2) is 45.1 Å². The van der Waals surface area contributed by atoms with Gasteiger partial charge in [-0.25, -0.2) is 0 Å². The summed E-state index contributed by atoms with van der Waals surface area (Å²) in [5.41, 5.74) is 3.46. The van der Waals surface area contributed by atoms with Crippen molar-refractivity contribution in [2.24, 2.45) is 10.8 Å². The van der Waals surface area contributed by atoms with E-state index in [1.165, 1.54) is 18.2 Å². The molecule has 1 aliphatic heterocycles. The third kappa shape index (κ3) is 5.81. The Kier molecular flexibility index (Phi) is 7.96. The lowest BCUT2D eigenvalue weighted by Gasteiger charge is -2.49. The molecular formula is C33H38ClNO6S. The zero-order chi connectivity index (χ0) is 30.6. The Labute approximate surface area is 253 Å². The fourth-order valence-electron chi connectivity index (χ4n) is 6.50. The Balaban J connectivity index is 1.75. The quantitative estimate of drug-likeness (QED) is 0.320. The molecule has 0 spiro atoms. The Hall–Kier alpha value is -2.94. The van der Waals surface area contributed by atoms with E-state index >= 15 is 0 Å². The molecule has 0 fully saturated rings. The Morgan fingerprint density at radius 2 is 1.43 bits per heavy atom. The topological polar surface area (TPSA) is 90.0 Å². The van der Waals surface area contributed by atoms with Crippen molar-refractivity contribution >= 4 is 33.3 Å². The maximum absolute atomic E-state index is 14.0. The molecule has 0 atom stereocenters. The number of halogens is 1. The molecule has 7 nitrogen and oxygen atoms in total. The average Bonchev–Trinajstić information content (AvgIpc) is 2.87. The standard InChI is InChI=1S/C33H38ClNO6S/c1-20-7-10-22(11-8-20)42(38,39)41-28-12-9-21(34)15-23(28)29-30-24(16-32(2,3)18-26(30)36)35(13-14-40-6)25-17-33(4,5)19-27(37)31(25)29/h7-12,15,29H,13-14,16-19H2,1-6H3. The highest BCUT2D eigenvalue weighted by atomic mass is 35.5. The zero-order valence-corrected chi connectivity index (χ0v) is 26.6. The number of rotatable bonds is 7. The lowest BCUT2D eigenvalue weighted by molar-refractivity contribution is -0.119. The smallest absolute Gasteiger partial charge is 0.339 e. The molecule has 2 aromatic carbocycles. The first-order valence-electron chi connectivity index (χ1n) is 14.2. The second-order valence-corrected chi connectivity index (χ2v) is 15.2. The summed E-state index contributed by atoms with van der Waals surface area (Å²) in [6, 6.07) is 11.1. The molecule has 2 aromatic rings. The van der Waals surface area contributed by atoms with Crippen molar-refractivity contribution in [1.82, 2.24) is 4.90 Å². The molecule has 42 heavy (non-hydrogen) atoms. The van der Waals surface area contributed by atoms with E-state index in [-0.39, 0.29) is 33.0 Å². The fraction of sp³-hybridized carbons (Fsp3) is 0.455. The molecular weight excluding hydrogens is 574 g/mol. The molecule has 9 heteroatoms. The van der Waals surface area contributed by atoms with Gasteiger partial charge >= 0.3 is 10.1 Å². The SMILES string of the molecule is COCCN1C2=C(C(=O)CC(C)(C)C2)C(c2cc(Cl)ccc2OS(=O)(=O)c2ccc(C)cc2)C2=C1CC(C)(C)CC2=O. The molecule has 2 aliphatic carbocycles. The first kappa shape index (κ1) is 30.5. The number of ether oxygens (including phenoxy) is 1. The van der Waals surface area contributed by atoms with Crippen LogP contribution in [0.15, 0.2) is 69.9 Å². The fourth-order valence-corrected chi connectivity index (χ4v) is 7.64. The summed E-state index contributed by atoms with van der Waals surface area (Å²) in [5.74, 6) is -0.887. The average molecular weight is 612 g/mol. The minimum Gasteiger partial charge on any atom is -0.383 e. The van der Waals surface area contributed by atoms with E-state index in [4.69, 9.17) is 20.5 Å². The van der Waals surface area contributed by atoms with Gasteiger partial charge in [0.1, 0.15) is 10.6 Å². The number of hydrogen-bond donors (Lipinski definition) is 0. The number of carbonyl (C=O) groups is 2. The van der Waals surface area contributed by atoms with Crippen molar-refractivity contribution in [2.75, 3.05) is 20.3 Å². The molecule has 0 aromatic heterocycles. The summed E-state index contributed by atoms with van der Waals surface area (Å²) < 4.78 is 38.1. The highest BCUT2D eigenvalue weighted by Gasteiger charge is 2.49. The van der Waals surface area contributed by atoms with Gasteiger partial charge in [0, 0.05) is 65.5 Å². The largest absolute Gasteiger partial charge is 0.383 e. The lowest BCUT2D eigenvalue weighted by atomic mass is 9.63. The van der Waals surface area contributed by atoms with Crippen LogP contribution in [-0.2, 0) is 24.4 Å². The van der Waals surface area contributed by atoms with Crippen LogP contribution in [0.5, 0.6) is 5.75 Å². The van der Waals surface area contributed by atoms with Crippen LogP contribution in [0.2, 0.25) is 5.02 Å². The number of hydrogen-bond acceptors (Lipinski definition) is 7. The minimum absolute atomic E-state index is 0.00850. The second kappa shape index (κ2) is 11.0. The van der Waals surface area contributed by atoms with E-state index in [1.807, 2.05) is 6.92 Å². The highest BCUT2D eigenvalue weighted by Crippen LogP contribution is 2.55. The van der Waals surface area contributed by atoms with E-state index in [1.54, 1.807) is 31.4 Å². The second-order valence-electron chi connectivity index (χ2n) is 13.2. The Bertz CT molecular complexity index is 1560. The molecule has 0 unspecified atom stereocenters. The number of methoxy groups -OCH3 is 1. The number of ketones is 2. The summed E-state index contributed by atoms with van der Waals surface area (Å²) >= 11 is 6.52. The summed E-state index contributed by atoms with van der Waals surface area (Å²) in [6.07, 6.45) is 1.86. The summed E-state index contributed by atoms with van der Waals surface area (Å²) in [6.45, 7) is 11.1. The summed E-state index contributed by atoms with van der Waals surface area (Å²) in [4.78, 5) is 30.2. The first-order chi connectivity index (χ1) is 19.6. The Morgan fingerprint density at radius 1 is 0.881 bits per heavy atom.